The number of benzene rings is 1. The van der Waals surface area contributed by atoms with E-state index < -0.39 is 0 Å². The Hall–Kier alpha value is -2.40. The van der Waals surface area contributed by atoms with Crippen LogP contribution in [0.15, 0.2) is 53.7 Å². The Bertz CT molecular complexity index is 707. The minimum atomic E-state index is 0.0671. The van der Waals surface area contributed by atoms with Crippen molar-refractivity contribution in [2.45, 2.75) is 33.4 Å². The second-order valence-corrected chi connectivity index (χ2v) is 7.31. The fraction of sp³-hybridized carbons (Fsp3) is 0.429. The third-order valence-corrected chi connectivity index (χ3v) is 4.28. The van der Waals surface area contributed by atoms with Crippen LogP contribution >= 0.6 is 0 Å². The summed E-state index contributed by atoms with van der Waals surface area (Å²) in [6, 6.07) is 14.3. The van der Waals surface area contributed by atoms with Crippen molar-refractivity contribution in [1.82, 2.24) is 15.6 Å². The van der Waals surface area contributed by atoms with Gasteiger partial charge in [-0.1, -0.05) is 45.0 Å². The van der Waals surface area contributed by atoms with Gasteiger partial charge < -0.3 is 15.4 Å². The molecule has 0 radical (unpaired) electrons. The average molecular weight is 354 g/mol. The zero-order valence-electron chi connectivity index (χ0n) is 16.4. The van der Waals surface area contributed by atoms with Crippen molar-refractivity contribution in [1.29, 1.82) is 0 Å². The summed E-state index contributed by atoms with van der Waals surface area (Å²) in [6.07, 6.45) is 1.92. The maximum absolute atomic E-state index is 5.58. The second kappa shape index (κ2) is 9.34. The molecule has 1 aromatic carbocycles. The van der Waals surface area contributed by atoms with Crippen LogP contribution in [-0.2, 0) is 11.3 Å². The van der Waals surface area contributed by atoms with Gasteiger partial charge in [0.2, 0.25) is 0 Å². The van der Waals surface area contributed by atoms with E-state index in [1.165, 1.54) is 5.56 Å². The Morgan fingerprint density at radius 3 is 2.58 bits per heavy atom. The fourth-order valence-corrected chi connectivity index (χ4v) is 2.71. The molecule has 2 rings (SSSR count). The lowest BCUT2D eigenvalue weighted by Crippen LogP contribution is -2.45. The number of aliphatic imine (C=N–C) groups is 1. The number of nitrogens with zero attached hydrogens (tertiary/aromatic N) is 2. The predicted molar refractivity (Wildman–Crippen MR) is 108 cm³/mol. The lowest BCUT2D eigenvalue weighted by atomic mass is 9.89. The molecule has 2 N–H and O–H groups in total. The van der Waals surface area contributed by atoms with Gasteiger partial charge in [0.25, 0.3) is 0 Å². The normalized spacial score (nSPS) is 13.3. The molecule has 0 bridgehead atoms. The number of methoxy groups -OCH3 is 1. The van der Waals surface area contributed by atoms with Crippen LogP contribution in [0.5, 0.6) is 0 Å². The maximum Gasteiger partial charge on any atom is 0.191 e. The van der Waals surface area contributed by atoms with E-state index in [-0.39, 0.29) is 11.5 Å². The fourth-order valence-electron chi connectivity index (χ4n) is 2.71. The van der Waals surface area contributed by atoms with E-state index in [2.05, 4.69) is 65.6 Å². The second-order valence-electron chi connectivity index (χ2n) is 7.31. The SMILES string of the molecule is CN=C(NCc1cccc(-c2ccccn2)c1)NCC(OC)C(C)(C)C. The van der Waals surface area contributed by atoms with Crippen molar-refractivity contribution in [2.24, 2.45) is 10.4 Å². The monoisotopic (exact) mass is 354 g/mol. The van der Waals surface area contributed by atoms with Gasteiger partial charge in [0.1, 0.15) is 0 Å². The van der Waals surface area contributed by atoms with E-state index in [4.69, 9.17) is 4.74 Å². The topological polar surface area (TPSA) is 58.5 Å². The van der Waals surface area contributed by atoms with Crippen LogP contribution in [0.2, 0.25) is 0 Å². The summed E-state index contributed by atoms with van der Waals surface area (Å²) < 4.78 is 5.58. The molecule has 1 heterocycles. The predicted octanol–water partition coefficient (Wildman–Crippen LogP) is 3.47. The molecule has 0 amide bonds. The van der Waals surface area contributed by atoms with Gasteiger partial charge in [-0.3, -0.25) is 9.98 Å². The van der Waals surface area contributed by atoms with Crippen molar-refractivity contribution in [2.75, 3.05) is 20.7 Å². The van der Waals surface area contributed by atoms with Gasteiger partial charge >= 0.3 is 0 Å². The molecule has 140 valence electrons. The van der Waals surface area contributed by atoms with Crippen LogP contribution in [0.3, 0.4) is 0 Å². The number of pyridine rings is 1. The Morgan fingerprint density at radius 2 is 1.96 bits per heavy atom. The minimum absolute atomic E-state index is 0.0671. The molecule has 5 nitrogen and oxygen atoms in total. The van der Waals surface area contributed by atoms with Crippen molar-refractivity contribution in [3.05, 3.63) is 54.2 Å². The number of aromatic nitrogens is 1. The summed E-state index contributed by atoms with van der Waals surface area (Å²) >= 11 is 0. The van der Waals surface area contributed by atoms with Gasteiger partial charge in [0.15, 0.2) is 5.96 Å². The van der Waals surface area contributed by atoms with Crippen molar-refractivity contribution >= 4 is 5.96 Å². The molecular weight excluding hydrogens is 324 g/mol. The lowest BCUT2D eigenvalue weighted by Gasteiger charge is -2.30. The van der Waals surface area contributed by atoms with Crippen molar-refractivity contribution in [3.8, 4) is 11.3 Å². The van der Waals surface area contributed by atoms with Crippen LogP contribution in [-0.4, -0.2) is 37.7 Å². The number of nitrogens with one attached hydrogen (secondary N) is 2. The Kier molecular flexibility index (Phi) is 7.16. The highest BCUT2D eigenvalue weighted by molar-refractivity contribution is 5.79. The summed E-state index contributed by atoms with van der Waals surface area (Å²) in [4.78, 5) is 8.71. The molecule has 0 saturated heterocycles. The molecule has 0 spiro atoms. The van der Waals surface area contributed by atoms with E-state index >= 15 is 0 Å². The minimum Gasteiger partial charge on any atom is -0.379 e. The van der Waals surface area contributed by atoms with E-state index in [9.17, 15) is 0 Å². The number of guanidine groups is 1. The zero-order chi connectivity index (χ0) is 19.0. The number of hydrogen-bond acceptors (Lipinski definition) is 3. The lowest BCUT2D eigenvalue weighted by molar-refractivity contribution is 0.0205. The molecule has 26 heavy (non-hydrogen) atoms. The first kappa shape index (κ1) is 19.9. The summed E-state index contributed by atoms with van der Waals surface area (Å²) in [5.41, 5.74) is 3.33. The molecule has 5 heteroatoms. The first-order valence-corrected chi connectivity index (χ1v) is 8.91. The van der Waals surface area contributed by atoms with Crippen LogP contribution in [0.1, 0.15) is 26.3 Å². The molecule has 0 aliphatic heterocycles. The smallest absolute Gasteiger partial charge is 0.191 e. The quantitative estimate of drug-likeness (QED) is 0.616. The van der Waals surface area contributed by atoms with Gasteiger partial charge in [0.05, 0.1) is 11.8 Å². The van der Waals surface area contributed by atoms with E-state index in [1.54, 1.807) is 14.2 Å². The largest absolute Gasteiger partial charge is 0.379 e. The van der Waals surface area contributed by atoms with Gasteiger partial charge in [-0.2, -0.15) is 0 Å². The van der Waals surface area contributed by atoms with Crippen molar-refractivity contribution < 1.29 is 4.74 Å². The summed E-state index contributed by atoms with van der Waals surface area (Å²) in [7, 11) is 3.52. The Morgan fingerprint density at radius 1 is 1.15 bits per heavy atom. The van der Waals surface area contributed by atoms with Gasteiger partial charge in [-0.05, 0) is 29.2 Å². The van der Waals surface area contributed by atoms with Gasteiger partial charge in [0, 0.05) is 39.0 Å². The summed E-state index contributed by atoms with van der Waals surface area (Å²) in [5.74, 6) is 0.763. The van der Waals surface area contributed by atoms with E-state index in [0.29, 0.717) is 13.1 Å². The van der Waals surface area contributed by atoms with E-state index in [1.807, 2.05) is 24.4 Å². The molecule has 0 saturated carbocycles. The Labute approximate surface area is 156 Å². The first-order chi connectivity index (χ1) is 12.4. The highest BCUT2D eigenvalue weighted by atomic mass is 16.5. The molecule has 2 aromatic rings. The third kappa shape index (κ3) is 5.85. The third-order valence-electron chi connectivity index (χ3n) is 4.28. The maximum atomic E-state index is 5.58. The highest BCUT2D eigenvalue weighted by Gasteiger charge is 2.24. The number of rotatable bonds is 6. The van der Waals surface area contributed by atoms with E-state index in [0.717, 1.165) is 17.2 Å². The van der Waals surface area contributed by atoms with Gasteiger partial charge in [-0.15, -0.1) is 0 Å². The molecule has 1 unspecified atom stereocenters. The van der Waals surface area contributed by atoms with Crippen LogP contribution in [0.25, 0.3) is 11.3 Å². The highest BCUT2D eigenvalue weighted by Crippen LogP contribution is 2.21. The Balaban J connectivity index is 1.95. The summed E-state index contributed by atoms with van der Waals surface area (Å²) in [6.45, 7) is 7.90. The standard InChI is InChI=1S/C21H30N4O/c1-21(2,3)19(26-5)15-25-20(22-4)24-14-16-9-8-10-17(13-16)18-11-6-7-12-23-18/h6-13,19H,14-15H2,1-5H3,(H2,22,24,25). The number of hydrogen-bond donors (Lipinski definition) is 2. The average Bonchev–Trinajstić information content (AvgIpc) is 2.64. The van der Waals surface area contributed by atoms with Crippen LogP contribution in [0.4, 0.5) is 0 Å². The van der Waals surface area contributed by atoms with Gasteiger partial charge in [-0.25, -0.2) is 0 Å². The molecule has 0 fully saturated rings. The first-order valence-electron chi connectivity index (χ1n) is 8.91. The summed E-state index contributed by atoms with van der Waals surface area (Å²) in [5, 5.41) is 6.70. The van der Waals surface area contributed by atoms with Crippen molar-refractivity contribution in [3.63, 3.8) is 0 Å². The molecule has 1 atom stereocenters. The molecule has 0 aliphatic rings. The van der Waals surface area contributed by atoms with Crippen LogP contribution < -0.4 is 10.6 Å². The van der Waals surface area contributed by atoms with Crippen LogP contribution in [0, 0.1) is 5.41 Å². The molecular formula is C21H30N4O. The molecule has 1 aromatic heterocycles. The number of ether oxygens (including phenoxy) is 1. The molecule has 0 aliphatic carbocycles. The zero-order valence-corrected chi connectivity index (χ0v) is 16.4.